The first-order valence-corrected chi connectivity index (χ1v) is 6.55. The molecule has 0 unspecified atom stereocenters. The lowest BCUT2D eigenvalue weighted by Gasteiger charge is -2.18. The van der Waals surface area contributed by atoms with Crippen molar-refractivity contribution >= 4 is 0 Å². The highest BCUT2D eigenvalue weighted by Crippen LogP contribution is 2.25. The zero-order valence-electron chi connectivity index (χ0n) is 10.8. The SMILES string of the molecule is Cc1ccc(-c2noc([C@H]3CCCNC3)n2)cc1F. The molecule has 1 saturated heterocycles. The summed E-state index contributed by atoms with van der Waals surface area (Å²) in [7, 11) is 0. The molecule has 2 heterocycles. The second kappa shape index (κ2) is 5.09. The molecule has 1 aliphatic rings. The van der Waals surface area contributed by atoms with E-state index >= 15 is 0 Å². The van der Waals surface area contributed by atoms with Gasteiger partial charge in [-0.3, -0.25) is 0 Å². The third kappa shape index (κ3) is 2.51. The van der Waals surface area contributed by atoms with Crippen molar-refractivity contribution < 1.29 is 8.91 Å². The topological polar surface area (TPSA) is 51.0 Å². The van der Waals surface area contributed by atoms with Crippen molar-refractivity contribution in [1.82, 2.24) is 15.5 Å². The summed E-state index contributed by atoms with van der Waals surface area (Å²) in [6.07, 6.45) is 2.17. The Kier molecular flexibility index (Phi) is 3.29. The van der Waals surface area contributed by atoms with Crippen LogP contribution in [-0.2, 0) is 0 Å². The number of hydrogen-bond acceptors (Lipinski definition) is 4. The lowest BCUT2D eigenvalue weighted by Crippen LogP contribution is -2.28. The van der Waals surface area contributed by atoms with Crippen LogP contribution in [0.1, 0.15) is 30.2 Å². The van der Waals surface area contributed by atoms with Gasteiger partial charge in [0.2, 0.25) is 11.7 Å². The molecule has 0 radical (unpaired) electrons. The summed E-state index contributed by atoms with van der Waals surface area (Å²) in [6.45, 7) is 3.64. The van der Waals surface area contributed by atoms with Crippen molar-refractivity contribution in [3.05, 3.63) is 35.5 Å². The molecule has 19 heavy (non-hydrogen) atoms. The summed E-state index contributed by atoms with van der Waals surface area (Å²) in [5.41, 5.74) is 1.27. The third-order valence-corrected chi connectivity index (χ3v) is 3.52. The van der Waals surface area contributed by atoms with Gasteiger partial charge in [0.25, 0.3) is 0 Å². The van der Waals surface area contributed by atoms with Gasteiger partial charge in [-0.15, -0.1) is 0 Å². The standard InChI is InChI=1S/C14H16FN3O/c1-9-4-5-10(7-12(9)15)13-17-14(19-18-13)11-3-2-6-16-8-11/h4-5,7,11,16H,2-3,6,8H2,1H3/t11-/m0/s1. The Morgan fingerprint density at radius 2 is 2.32 bits per heavy atom. The Hall–Kier alpha value is -1.75. The zero-order valence-corrected chi connectivity index (χ0v) is 10.8. The van der Waals surface area contributed by atoms with E-state index < -0.39 is 0 Å². The van der Waals surface area contributed by atoms with E-state index in [1.54, 1.807) is 13.0 Å². The average Bonchev–Trinajstić information content (AvgIpc) is 2.93. The van der Waals surface area contributed by atoms with E-state index in [1.165, 1.54) is 6.07 Å². The monoisotopic (exact) mass is 261 g/mol. The van der Waals surface area contributed by atoms with Crippen molar-refractivity contribution in [3.63, 3.8) is 0 Å². The number of aryl methyl sites for hydroxylation is 1. The molecule has 0 bridgehead atoms. The van der Waals surface area contributed by atoms with Crippen LogP contribution in [0.3, 0.4) is 0 Å². The van der Waals surface area contributed by atoms with Crippen molar-refractivity contribution in [2.24, 2.45) is 0 Å². The van der Waals surface area contributed by atoms with Crippen LogP contribution < -0.4 is 5.32 Å². The Bertz CT molecular complexity index is 576. The second-order valence-corrected chi connectivity index (χ2v) is 4.96. The summed E-state index contributed by atoms with van der Waals surface area (Å²) < 4.78 is 18.8. The highest BCUT2D eigenvalue weighted by atomic mass is 19.1. The van der Waals surface area contributed by atoms with E-state index in [2.05, 4.69) is 15.5 Å². The highest BCUT2D eigenvalue weighted by Gasteiger charge is 2.21. The predicted molar refractivity (Wildman–Crippen MR) is 69.3 cm³/mol. The van der Waals surface area contributed by atoms with Crippen molar-refractivity contribution in [1.29, 1.82) is 0 Å². The normalized spacial score (nSPS) is 19.6. The molecule has 1 aromatic heterocycles. The predicted octanol–water partition coefficient (Wildman–Crippen LogP) is 2.65. The fraction of sp³-hybridized carbons (Fsp3) is 0.429. The van der Waals surface area contributed by atoms with Crippen LogP contribution in [0.2, 0.25) is 0 Å². The minimum absolute atomic E-state index is 0.247. The summed E-state index contributed by atoms with van der Waals surface area (Å²) in [6, 6.07) is 4.98. The van der Waals surface area contributed by atoms with E-state index in [1.807, 2.05) is 6.07 Å². The maximum Gasteiger partial charge on any atom is 0.231 e. The fourth-order valence-electron chi connectivity index (χ4n) is 2.31. The summed E-state index contributed by atoms with van der Waals surface area (Å²) >= 11 is 0. The van der Waals surface area contributed by atoms with Gasteiger partial charge in [0.05, 0.1) is 5.92 Å². The van der Waals surface area contributed by atoms with Crippen molar-refractivity contribution in [2.75, 3.05) is 13.1 Å². The molecular weight excluding hydrogens is 245 g/mol. The van der Waals surface area contributed by atoms with Gasteiger partial charge in [-0.25, -0.2) is 4.39 Å². The Morgan fingerprint density at radius 1 is 1.42 bits per heavy atom. The van der Waals surface area contributed by atoms with Crippen molar-refractivity contribution in [2.45, 2.75) is 25.7 Å². The molecule has 0 saturated carbocycles. The molecule has 1 aromatic carbocycles. The largest absolute Gasteiger partial charge is 0.339 e. The van der Waals surface area contributed by atoms with Crippen LogP contribution in [0.15, 0.2) is 22.7 Å². The molecule has 0 aliphatic carbocycles. The van der Waals surface area contributed by atoms with Crippen LogP contribution in [0.4, 0.5) is 4.39 Å². The molecule has 4 nitrogen and oxygen atoms in total. The van der Waals surface area contributed by atoms with Crippen LogP contribution in [0, 0.1) is 12.7 Å². The van der Waals surface area contributed by atoms with Gasteiger partial charge in [0.15, 0.2) is 0 Å². The Morgan fingerprint density at radius 3 is 3.05 bits per heavy atom. The van der Waals surface area contributed by atoms with E-state index in [0.29, 0.717) is 22.8 Å². The quantitative estimate of drug-likeness (QED) is 0.903. The molecule has 1 atom stereocenters. The summed E-state index contributed by atoms with van der Waals surface area (Å²) in [5, 5.41) is 7.26. The number of hydrogen-bond donors (Lipinski definition) is 1. The smallest absolute Gasteiger partial charge is 0.231 e. The molecule has 0 amide bonds. The van der Waals surface area contributed by atoms with E-state index in [4.69, 9.17) is 4.52 Å². The van der Waals surface area contributed by atoms with Gasteiger partial charge < -0.3 is 9.84 Å². The van der Waals surface area contributed by atoms with Crippen LogP contribution in [-0.4, -0.2) is 23.2 Å². The van der Waals surface area contributed by atoms with Gasteiger partial charge in [0, 0.05) is 12.1 Å². The van der Waals surface area contributed by atoms with Crippen LogP contribution in [0.25, 0.3) is 11.4 Å². The van der Waals surface area contributed by atoms with Gasteiger partial charge >= 0.3 is 0 Å². The average molecular weight is 261 g/mol. The highest BCUT2D eigenvalue weighted by molar-refractivity contribution is 5.55. The first kappa shape index (κ1) is 12.3. The maximum absolute atomic E-state index is 13.5. The number of rotatable bonds is 2. The van der Waals surface area contributed by atoms with Gasteiger partial charge in [-0.05, 0) is 37.9 Å². The zero-order chi connectivity index (χ0) is 13.2. The fourth-order valence-corrected chi connectivity index (χ4v) is 2.31. The molecule has 100 valence electrons. The van der Waals surface area contributed by atoms with Gasteiger partial charge in [-0.2, -0.15) is 4.98 Å². The van der Waals surface area contributed by atoms with Crippen molar-refractivity contribution in [3.8, 4) is 11.4 Å². The number of nitrogens with zero attached hydrogens (tertiary/aromatic N) is 2. The molecule has 1 N–H and O–H groups in total. The molecule has 2 aromatic rings. The molecule has 1 aliphatic heterocycles. The number of benzene rings is 1. The minimum Gasteiger partial charge on any atom is -0.339 e. The summed E-state index contributed by atoms with van der Waals surface area (Å²) in [4.78, 5) is 4.39. The number of halogens is 1. The molecule has 3 rings (SSSR count). The van der Waals surface area contributed by atoms with E-state index in [0.717, 1.165) is 25.9 Å². The minimum atomic E-state index is -0.247. The first-order chi connectivity index (χ1) is 9.24. The molecule has 5 heteroatoms. The second-order valence-electron chi connectivity index (χ2n) is 4.96. The Balaban J connectivity index is 1.85. The van der Waals surface area contributed by atoms with Gasteiger partial charge in [0.1, 0.15) is 5.82 Å². The number of piperidine rings is 1. The summed E-state index contributed by atoms with van der Waals surface area (Å²) in [5.74, 6) is 1.12. The third-order valence-electron chi connectivity index (χ3n) is 3.52. The Labute approximate surface area is 111 Å². The molecule has 0 spiro atoms. The van der Waals surface area contributed by atoms with Gasteiger partial charge in [-0.1, -0.05) is 17.3 Å². The maximum atomic E-state index is 13.5. The van der Waals surface area contributed by atoms with E-state index in [9.17, 15) is 4.39 Å². The van der Waals surface area contributed by atoms with Crippen LogP contribution in [0.5, 0.6) is 0 Å². The molecular formula is C14H16FN3O. The lowest BCUT2D eigenvalue weighted by molar-refractivity contribution is 0.322. The van der Waals surface area contributed by atoms with Crippen LogP contribution >= 0.6 is 0 Å². The van der Waals surface area contributed by atoms with E-state index in [-0.39, 0.29) is 11.7 Å². The number of aromatic nitrogens is 2. The molecule has 1 fully saturated rings. The lowest BCUT2D eigenvalue weighted by atomic mass is 10.00. The first-order valence-electron chi connectivity index (χ1n) is 6.55. The number of nitrogens with one attached hydrogen (secondary N) is 1.